The third-order valence-electron chi connectivity index (χ3n) is 5.65. The molecule has 118 valence electrons. The van der Waals surface area contributed by atoms with E-state index < -0.39 is 0 Å². The third kappa shape index (κ3) is 2.35. The number of rotatable bonds is 2. The van der Waals surface area contributed by atoms with E-state index in [2.05, 4.69) is 17.1 Å². The normalized spacial score (nSPS) is 26.3. The number of methoxy groups -OCH3 is 1. The van der Waals surface area contributed by atoms with Crippen LogP contribution in [0.2, 0.25) is 0 Å². The zero-order chi connectivity index (χ0) is 15.9. The highest BCUT2D eigenvalue weighted by Crippen LogP contribution is 2.50. The van der Waals surface area contributed by atoms with E-state index in [1.807, 2.05) is 30.5 Å². The Morgan fingerprint density at radius 3 is 2.57 bits per heavy atom. The first kappa shape index (κ1) is 14.4. The predicted molar refractivity (Wildman–Crippen MR) is 88.9 cm³/mol. The number of carbonyl (C=O) groups is 1. The van der Waals surface area contributed by atoms with E-state index in [-0.39, 0.29) is 5.41 Å². The van der Waals surface area contributed by atoms with Crippen LogP contribution in [-0.2, 0) is 6.42 Å². The monoisotopic (exact) mass is 307 g/mol. The molecular formula is C20H21NO2. The highest BCUT2D eigenvalue weighted by atomic mass is 16.5. The summed E-state index contributed by atoms with van der Waals surface area (Å²) in [5.41, 5.74) is 3.32. The van der Waals surface area contributed by atoms with Gasteiger partial charge in [0.1, 0.15) is 0 Å². The maximum atomic E-state index is 12.9. The molecule has 0 bridgehead atoms. The van der Waals surface area contributed by atoms with Crippen molar-refractivity contribution in [2.24, 2.45) is 5.41 Å². The lowest BCUT2D eigenvalue weighted by Crippen LogP contribution is -2.32. The summed E-state index contributed by atoms with van der Waals surface area (Å²) in [7, 11) is 1.63. The maximum absolute atomic E-state index is 12.9. The molecule has 4 rings (SSSR count). The average Bonchev–Trinajstić information content (AvgIpc) is 2.88. The molecule has 1 spiro atoms. The average molecular weight is 307 g/mol. The van der Waals surface area contributed by atoms with Crippen molar-refractivity contribution in [3.63, 3.8) is 0 Å². The van der Waals surface area contributed by atoms with Gasteiger partial charge >= 0.3 is 0 Å². The Kier molecular flexibility index (Phi) is 3.44. The van der Waals surface area contributed by atoms with E-state index in [4.69, 9.17) is 4.74 Å². The number of hydrogen-bond donors (Lipinski definition) is 0. The lowest BCUT2D eigenvalue weighted by atomic mass is 9.67. The van der Waals surface area contributed by atoms with Gasteiger partial charge in [-0.1, -0.05) is 30.3 Å². The van der Waals surface area contributed by atoms with Crippen LogP contribution in [0.15, 0.2) is 42.6 Å². The summed E-state index contributed by atoms with van der Waals surface area (Å²) in [5.74, 6) is 1.54. The molecule has 0 amide bonds. The van der Waals surface area contributed by atoms with Crippen LogP contribution in [0.3, 0.4) is 0 Å². The van der Waals surface area contributed by atoms with Crippen molar-refractivity contribution in [2.75, 3.05) is 7.11 Å². The van der Waals surface area contributed by atoms with Crippen LogP contribution in [-0.4, -0.2) is 17.9 Å². The number of hydrogen-bond acceptors (Lipinski definition) is 3. The molecular weight excluding hydrogens is 286 g/mol. The molecule has 1 aromatic carbocycles. The Labute approximate surface area is 136 Å². The van der Waals surface area contributed by atoms with Gasteiger partial charge in [-0.15, -0.1) is 0 Å². The minimum absolute atomic E-state index is 0.139. The van der Waals surface area contributed by atoms with Crippen molar-refractivity contribution in [1.29, 1.82) is 0 Å². The number of ketones is 1. The molecule has 2 aliphatic carbocycles. The van der Waals surface area contributed by atoms with E-state index >= 15 is 0 Å². The quantitative estimate of drug-likeness (QED) is 0.835. The van der Waals surface area contributed by atoms with Gasteiger partial charge in [0, 0.05) is 23.2 Å². The van der Waals surface area contributed by atoms with Gasteiger partial charge in [0.15, 0.2) is 5.78 Å². The molecule has 0 aliphatic heterocycles. The Balaban J connectivity index is 1.50. The van der Waals surface area contributed by atoms with E-state index in [1.165, 1.54) is 11.1 Å². The molecule has 1 saturated carbocycles. The van der Waals surface area contributed by atoms with Gasteiger partial charge in [0.2, 0.25) is 5.88 Å². The van der Waals surface area contributed by atoms with E-state index in [1.54, 1.807) is 7.11 Å². The Hall–Kier alpha value is -2.16. The summed E-state index contributed by atoms with van der Waals surface area (Å²) in [4.78, 5) is 17.2. The molecule has 2 aromatic rings. The molecule has 0 N–H and O–H groups in total. The van der Waals surface area contributed by atoms with Gasteiger partial charge < -0.3 is 4.74 Å². The zero-order valence-electron chi connectivity index (χ0n) is 13.4. The van der Waals surface area contributed by atoms with E-state index in [0.29, 0.717) is 17.6 Å². The van der Waals surface area contributed by atoms with Gasteiger partial charge in [-0.2, -0.15) is 0 Å². The van der Waals surface area contributed by atoms with Crippen LogP contribution in [0, 0.1) is 5.41 Å². The lowest BCUT2D eigenvalue weighted by Gasteiger charge is -2.36. The Bertz CT molecular complexity index is 728. The number of Topliss-reactive ketones (excluding diaryl/α,β-unsaturated/α-hetero) is 1. The number of fused-ring (bicyclic) bond motifs is 1. The largest absolute Gasteiger partial charge is 0.481 e. The number of carbonyl (C=O) groups excluding carboxylic acids is 1. The van der Waals surface area contributed by atoms with Crippen LogP contribution < -0.4 is 4.74 Å². The molecule has 0 radical (unpaired) electrons. The fraction of sp³-hybridized carbons (Fsp3) is 0.400. The molecule has 23 heavy (non-hydrogen) atoms. The standard InChI is InChI=1S/C20H21NO2/c1-23-18-7-6-16(13-21-18)14-8-10-20(11-9-14)12-15-4-2-3-5-17(15)19(20)22/h2-7,13-14H,8-12H2,1H3/t14-,20+. The fourth-order valence-corrected chi connectivity index (χ4v) is 4.29. The van der Waals surface area contributed by atoms with Crippen LogP contribution in [0.25, 0.3) is 0 Å². The van der Waals surface area contributed by atoms with Gasteiger partial charge in [-0.05, 0) is 49.1 Å². The minimum Gasteiger partial charge on any atom is -0.481 e. The van der Waals surface area contributed by atoms with E-state index in [9.17, 15) is 4.79 Å². The molecule has 1 aromatic heterocycles. The van der Waals surface area contributed by atoms with Crippen molar-refractivity contribution in [3.05, 3.63) is 59.3 Å². The van der Waals surface area contributed by atoms with Crippen LogP contribution in [0.1, 0.15) is 53.1 Å². The molecule has 2 aliphatic rings. The third-order valence-corrected chi connectivity index (χ3v) is 5.65. The smallest absolute Gasteiger partial charge is 0.212 e. The van der Waals surface area contributed by atoms with Crippen molar-refractivity contribution < 1.29 is 9.53 Å². The highest BCUT2D eigenvalue weighted by Gasteiger charge is 2.47. The first-order valence-electron chi connectivity index (χ1n) is 8.34. The molecule has 3 heteroatoms. The van der Waals surface area contributed by atoms with Crippen LogP contribution in [0.4, 0.5) is 0 Å². The summed E-state index contributed by atoms with van der Waals surface area (Å²) in [6.07, 6.45) is 6.94. The van der Waals surface area contributed by atoms with Gasteiger partial charge in [-0.25, -0.2) is 4.98 Å². The molecule has 1 heterocycles. The molecule has 0 unspecified atom stereocenters. The number of aromatic nitrogens is 1. The Morgan fingerprint density at radius 1 is 1.13 bits per heavy atom. The summed E-state index contributed by atoms with van der Waals surface area (Å²) in [5, 5.41) is 0. The number of benzene rings is 1. The topological polar surface area (TPSA) is 39.2 Å². The van der Waals surface area contributed by atoms with Crippen LogP contribution >= 0.6 is 0 Å². The summed E-state index contributed by atoms with van der Waals surface area (Å²) < 4.78 is 5.13. The number of ether oxygens (including phenoxy) is 1. The highest BCUT2D eigenvalue weighted by molar-refractivity contribution is 6.05. The first-order chi connectivity index (χ1) is 11.2. The van der Waals surface area contributed by atoms with Gasteiger partial charge in [0.25, 0.3) is 0 Å². The maximum Gasteiger partial charge on any atom is 0.212 e. The second-order valence-corrected chi connectivity index (χ2v) is 6.85. The van der Waals surface area contributed by atoms with Gasteiger partial charge in [-0.3, -0.25) is 4.79 Å². The lowest BCUT2D eigenvalue weighted by molar-refractivity contribution is 0.0734. The summed E-state index contributed by atoms with van der Waals surface area (Å²) in [6.45, 7) is 0. The van der Waals surface area contributed by atoms with Gasteiger partial charge in [0.05, 0.1) is 7.11 Å². The second kappa shape index (κ2) is 5.48. The van der Waals surface area contributed by atoms with Crippen molar-refractivity contribution in [1.82, 2.24) is 4.98 Å². The molecule has 0 saturated heterocycles. The van der Waals surface area contributed by atoms with Crippen molar-refractivity contribution >= 4 is 5.78 Å². The Morgan fingerprint density at radius 2 is 1.91 bits per heavy atom. The number of pyridine rings is 1. The minimum atomic E-state index is -0.139. The zero-order valence-corrected chi connectivity index (χ0v) is 13.4. The second-order valence-electron chi connectivity index (χ2n) is 6.85. The molecule has 3 nitrogen and oxygen atoms in total. The SMILES string of the molecule is COc1ccc([C@H]2CC[C@@]3(CC2)Cc2ccccc2C3=O)cn1. The van der Waals surface area contributed by atoms with E-state index in [0.717, 1.165) is 37.7 Å². The first-order valence-corrected chi connectivity index (χ1v) is 8.34. The van der Waals surface area contributed by atoms with Crippen molar-refractivity contribution in [3.8, 4) is 5.88 Å². The summed E-state index contributed by atoms with van der Waals surface area (Å²) in [6, 6.07) is 12.2. The molecule has 1 fully saturated rings. The fourth-order valence-electron chi connectivity index (χ4n) is 4.29. The van der Waals surface area contributed by atoms with Crippen LogP contribution in [0.5, 0.6) is 5.88 Å². The van der Waals surface area contributed by atoms with Crippen molar-refractivity contribution in [2.45, 2.75) is 38.0 Å². The summed E-state index contributed by atoms with van der Waals surface area (Å²) >= 11 is 0. The molecule has 0 atom stereocenters. The number of nitrogens with zero attached hydrogens (tertiary/aromatic N) is 1. The predicted octanol–water partition coefficient (Wildman–Crippen LogP) is 4.17.